The molecule has 4 aromatic rings. The highest BCUT2D eigenvalue weighted by atomic mass is 16.5. The number of nitrogens with one attached hydrogen (secondary N) is 3. The zero-order valence-electron chi connectivity index (χ0n) is 22.4. The molecule has 10 nitrogen and oxygen atoms in total. The van der Waals surface area contributed by atoms with Crippen LogP contribution in [-0.4, -0.2) is 77.5 Å². The van der Waals surface area contributed by atoms with E-state index in [1.54, 1.807) is 7.11 Å². The molecule has 0 aliphatic carbocycles. The number of aromatic amines is 1. The first kappa shape index (κ1) is 26.0. The highest BCUT2D eigenvalue weighted by Gasteiger charge is 2.29. The molecule has 2 aromatic carbocycles. The lowest BCUT2D eigenvalue weighted by Crippen LogP contribution is -2.53. The second-order valence-electron chi connectivity index (χ2n) is 9.61. The van der Waals surface area contributed by atoms with Crippen LogP contribution in [0.1, 0.15) is 24.3 Å². The molecule has 1 saturated heterocycles. The third-order valence-corrected chi connectivity index (χ3v) is 6.86. The molecule has 1 aliphatic rings. The van der Waals surface area contributed by atoms with E-state index in [4.69, 9.17) is 14.7 Å². The first-order valence-corrected chi connectivity index (χ1v) is 13.1. The molecule has 202 valence electrons. The predicted molar refractivity (Wildman–Crippen MR) is 152 cm³/mol. The maximum absolute atomic E-state index is 13.6. The summed E-state index contributed by atoms with van der Waals surface area (Å²) in [6, 6.07) is 19.7. The number of H-pyrrole nitrogens is 1. The number of methoxy groups -OCH3 is 1. The lowest BCUT2D eigenvalue weighted by atomic mass is 10.1. The van der Waals surface area contributed by atoms with Gasteiger partial charge in [0, 0.05) is 56.9 Å². The Bertz CT molecular complexity index is 1450. The average molecular weight is 528 g/mol. The fourth-order valence-electron chi connectivity index (χ4n) is 4.86. The first-order chi connectivity index (χ1) is 18.9. The molecule has 3 heterocycles. The topological polar surface area (TPSA) is 115 Å². The first-order valence-electron chi connectivity index (χ1n) is 13.1. The Morgan fingerprint density at radius 3 is 2.51 bits per heavy atom. The number of anilines is 2. The van der Waals surface area contributed by atoms with Crippen molar-refractivity contribution in [2.24, 2.45) is 0 Å². The SMILES string of the molecule is COc1ccc(N2CCN(C(=O)c3cc4c(NCCNC(C)=O)nc(-c5ccccc5)nc4[nH]3)CC2C)cc1. The van der Waals surface area contributed by atoms with Crippen LogP contribution in [0.3, 0.4) is 0 Å². The van der Waals surface area contributed by atoms with Crippen LogP contribution < -0.4 is 20.3 Å². The molecule has 5 rings (SSSR count). The minimum atomic E-state index is -0.0922. The molecule has 1 unspecified atom stereocenters. The van der Waals surface area contributed by atoms with Crippen molar-refractivity contribution in [3.05, 3.63) is 66.4 Å². The fourth-order valence-corrected chi connectivity index (χ4v) is 4.86. The molecule has 1 fully saturated rings. The lowest BCUT2D eigenvalue weighted by molar-refractivity contribution is -0.118. The summed E-state index contributed by atoms with van der Waals surface area (Å²) in [6.45, 7) is 6.48. The van der Waals surface area contributed by atoms with Gasteiger partial charge in [0.05, 0.1) is 12.5 Å². The van der Waals surface area contributed by atoms with E-state index in [1.807, 2.05) is 65.6 Å². The van der Waals surface area contributed by atoms with E-state index in [1.165, 1.54) is 6.92 Å². The third kappa shape index (κ3) is 5.79. The summed E-state index contributed by atoms with van der Waals surface area (Å²) in [6.07, 6.45) is 0. The van der Waals surface area contributed by atoms with Crippen molar-refractivity contribution in [3.8, 4) is 17.1 Å². The Kier molecular flexibility index (Phi) is 7.62. The summed E-state index contributed by atoms with van der Waals surface area (Å²) in [4.78, 5) is 41.8. The molecule has 2 aromatic heterocycles. The van der Waals surface area contributed by atoms with Crippen LogP contribution in [0.2, 0.25) is 0 Å². The number of rotatable bonds is 8. The van der Waals surface area contributed by atoms with Gasteiger partial charge < -0.3 is 30.2 Å². The van der Waals surface area contributed by atoms with Gasteiger partial charge in [0.1, 0.15) is 22.9 Å². The Hall–Kier alpha value is -4.60. The van der Waals surface area contributed by atoms with E-state index in [9.17, 15) is 9.59 Å². The number of ether oxygens (including phenoxy) is 1. The summed E-state index contributed by atoms with van der Waals surface area (Å²) in [5.41, 5.74) is 3.04. The molecule has 0 bridgehead atoms. The van der Waals surface area contributed by atoms with Crippen molar-refractivity contribution in [2.75, 3.05) is 50.1 Å². The van der Waals surface area contributed by atoms with Crippen molar-refractivity contribution in [1.82, 2.24) is 25.2 Å². The van der Waals surface area contributed by atoms with Crippen molar-refractivity contribution >= 4 is 34.4 Å². The molecule has 1 atom stereocenters. The highest BCUT2D eigenvalue weighted by Crippen LogP contribution is 2.28. The molecule has 1 aliphatic heterocycles. The second kappa shape index (κ2) is 11.4. The molecule has 10 heteroatoms. The molecule has 2 amide bonds. The summed E-state index contributed by atoms with van der Waals surface area (Å²) >= 11 is 0. The number of hydrogen-bond donors (Lipinski definition) is 3. The fraction of sp³-hybridized carbons (Fsp3) is 0.310. The maximum atomic E-state index is 13.6. The number of aromatic nitrogens is 3. The van der Waals surface area contributed by atoms with Gasteiger partial charge in [0.15, 0.2) is 5.82 Å². The van der Waals surface area contributed by atoms with Crippen LogP contribution >= 0.6 is 0 Å². The largest absolute Gasteiger partial charge is 0.497 e. The minimum absolute atomic E-state index is 0.0697. The second-order valence-corrected chi connectivity index (χ2v) is 9.61. The zero-order chi connectivity index (χ0) is 27.4. The van der Waals surface area contributed by atoms with Gasteiger partial charge in [-0.3, -0.25) is 9.59 Å². The molecular formula is C29H33N7O3. The number of carbonyl (C=O) groups excluding carboxylic acids is 2. The van der Waals surface area contributed by atoms with Crippen LogP contribution in [0.15, 0.2) is 60.7 Å². The average Bonchev–Trinajstić information content (AvgIpc) is 3.40. The summed E-state index contributed by atoms with van der Waals surface area (Å²) in [5.74, 6) is 1.82. The van der Waals surface area contributed by atoms with Crippen LogP contribution in [0.5, 0.6) is 5.75 Å². The van der Waals surface area contributed by atoms with Gasteiger partial charge in [-0.15, -0.1) is 0 Å². The Morgan fingerprint density at radius 1 is 1.05 bits per heavy atom. The van der Waals surface area contributed by atoms with Gasteiger partial charge >= 0.3 is 0 Å². The van der Waals surface area contributed by atoms with Crippen molar-refractivity contribution in [1.29, 1.82) is 0 Å². The molecule has 0 saturated carbocycles. The Labute approximate surface area is 227 Å². The number of fused-ring (bicyclic) bond motifs is 1. The van der Waals surface area contributed by atoms with Gasteiger partial charge in [-0.25, -0.2) is 9.97 Å². The quantitative estimate of drug-likeness (QED) is 0.300. The molecule has 39 heavy (non-hydrogen) atoms. The number of nitrogens with zero attached hydrogens (tertiary/aromatic N) is 4. The highest BCUT2D eigenvalue weighted by molar-refractivity contribution is 6.00. The number of hydrogen-bond acceptors (Lipinski definition) is 7. The van der Waals surface area contributed by atoms with Crippen LogP contribution in [0.25, 0.3) is 22.4 Å². The summed E-state index contributed by atoms with van der Waals surface area (Å²) in [7, 11) is 1.66. The van der Waals surface area contributed by atoms with Crippen LogP contribution in [-0.2, 0) is 4.79 Å². The van der Waals surface area contributed by atoms with E-state index in [0.717, 1.165) is 28.9 Å². The van der Waals surface area contributed by atoms with Crippen molar-refractivity contribution in [3.63, 3.8) is 0 Å². The van der Waals surface area contributed by atoms with Gasteiger partial charge in [-0.1, -0.05) is 30.3 Å². The number of amides is 2. The third-order valence-electron chi connectivity index (χ3n) is 6.86. The van der Waals surface area contributed by atoms with E-state index < -0.39 is 0 Å². The van der Waals surface area contributed by atoms with E-state index in [0.29, 0.717) is 49.2 Å². The van der Waals surface area contributed by atoms with Gasteiger partial charge in [-0.05, 0) is 37.3 Å². The van der Waals surface area contributed by atoms with E-state index >= 15 is 0 Å². The van der Waals surface area contributed by atoms with Gasteiger partial charge in [0.2, 0.25) is 5.91 Å². The Balaban J connectivity index is 1.37. The predicted octanol–water partition coefficient (Wildman–Crippen LogP) is 3.53. The van der Waals surface area contributed by atoms with Crippen LogP contribution in [0.4, 0.5) is 11.5 Å². The Morgan fingerprint density at radius 2 is 1.82 bits per heavy atom. The van der Waals surface area contributed by atoms with Crippen LogP contribution in [0, 0.1) is 0 Å². The summed E-state index contributed by atoms with van der Waals surface area (Å²) in [5, 5.41) is 6.80. The van der Waals surface area contributed by atoms with Gasteiger partial charge in [-0.2, -0.15) is 0 Å². The standard InChI is InChI=1S/C29H33N7O3/c1-19-18-35(15-16-36(19)22-9-11-23(39-3)12-10-22)29(38)25-17-24-27(31-14-13-30-20(2)37)33-26(34-28(24)32-25)21-7-5-4-6-8-21/h4-12,17,19H,13-16,18H2,1-3H3,(H,30,37)(H2,31,32,33,34). The molecule has 0 spiro atoms. The minimum Gasteiger partial charge on any atom is -0.497 e. The smallest absolute Gasteiger partial charge is 0.270 e. The molecule has 3 N–H and O–H groups in total. The van der Waals surface area contributed by atoms with E-state index in [2.05, 4.69) is 27.4 Å². The summed E-state index contributed by atoms with van der Waals surface area (Å²) < 4.78 is 5.28. The molecular weight excluding hydrogens is 494 g/mol. The number of benzene rings is 2. The van der Waals surface area contributed by atoms with E-state index in [-0.39, 0.29) is 17.9 Å². The monoisotopic (exact) mass is 527 g/mol. The maximum Gasteiger partial charge on any atom is 0.270 e. The normalized spacial score (nSPS) is 15.3. The van der Waals surface area contributed by atoms with Crippen molar-refractivity contribution in [2.45, 2.75) is 19.9 Å². The lowest BCUT2D eigenvalue weighted by Gasteiger charge is -2.41. The molecule has 0 radical (unpaired) electrons. The van der Waals surface area contributed by atoms with Gasteiger partial charge in [0.25, 0.3) is 5.91 Å². The number of carbonyl (C=O) groups is 2. The number of piperazine rings is 1. The zero-order valence-corrected chi connectivity index (χ0v) is 22.4. The van der Waals surface area contributed by atoms with Crippen molar-refractivity contribution < 1.29 is 14.3 Å².